The second kappa shape index (κ2) is 12.7. The zero-order valence-corrected chi connectivity index (χ0v) is 22.9. The molecule has 2 N–H and O–H groups in total. The number of rotatable bonds is 3. The Hall–Kier alpha value is -4.26. The van der Waals surface area contributed by atoms with Crippen molar-refractivity contribution in [3.8, 4) is 0 Å². The summed E-state index contributed by atoms with van der Waals surface area (Å²) in [6.07, 6.45) is 12.5. The number of hydrogen-bond donors (Lipinski definition) is 2. The van der Waals surface area contributed by atoms with Crippen LogP contribution in [0.4, 0.5) is 5.82 Å². The number of carbonyl (C=O) groups excluding carboxylic acids is 3. The summed E-state index contributed by atoms with van der Waals surface area (Å²) in [4.78, 5) is 45.7. The summed E-state index contributed by atoms with van der Waals surface area (Å²) in [5.41, 5.74) is 5.02. The molecule has 1 fully saturated rings. The highest BCUT2D eigenvalue weighted by Crippen LogP contribution is 2.20. The Morgan fingerprint density at radius 1 is 0.925 bits per heavy atom. The molecule has 2 aliphatic heterocycles. The minimum Gasteiger partial charge on any atom is -0.347 e. The van der Waals surface area contributed by atoms with Crippen LogP contribution in [0.2, 0.25) is 0 Å². The van der Waals surface area contributed by atoms with Gasteiger partial charge in [-0.2, -0.15) is 0 Å². The monoisotopic (exact) mass is 536 g/mol. The maximum atomic E-state index is 13.5. The molecule has 0 radical (unpaired) electrons. The third kappa shape index (κ3) is 7.23. The second-order valence-electron chi connectivity index (χ2n) is 10.8. The molecule has 1 aromatic heterocycles. The molecule has 40 heavy (non-hydrogen) atoms. The van der Waals surface area contributed by atoms with E-state index in [2.05, 4.69) is 58.1 Å². The zero-order valence-electron chi connectivity index (χ0n) is 22.9. The number of anilines is 1. The van der Waals surface area contributed by atoms with E-state index in [1.807, 2.05) is 25.4 Å². The lowest BCUT2D eigenvalue weighted by Gasteiger charge is -2.20. The van der Waals surface area contributed by atoms with Gasteiger partial charge in [-0.05, 0) is 79.3 Å². The van der Waals surface area contributed by atoms with E-state index in [0.29, 0.717) is 11.4 Å². The van der Waals surface area contributed by atoms with Crippen LogP contribution in [0.3, 0.4) is 0 Å². The fraction of sp³-hybridized carbons (Fsp3) is 0.333. The van der Waals surface area contributed by atoms with Crippen molar-refractivity contribution in [2.75, 3.05) is 11.9 Å². The maximum absolute atomic E-state index is 13.5. The average molecular weight is 537 g/mol. The Bertz CT molecular complexity index is 1390. The number of amides is 2. The molecule has 206 valence electrons. The number of Topliss-reactive ketones (excluding diaryl/α,β-unsaturated/α-hetero) is 1. The van der Waals surface area contributed by atoms with Crippen molar-refractivity contribution >= 4 is 23.4 Å². The van der Waals surface area contributed by atoms with Crippen LogP contribution in [0.25, 0.3) is 0 Å². The highest BCUT2D eigenvalue weighted by molar-refractivity contribution is 6.38. The number of hydrogen-bond acceptors (Lipinski definition) is 5. The van der Waals surface area contributed by atoms with Crippen LogP contribution in [0.5, 0.6) is 0 Å². The Labute approximate surface area is 235 Å². The molecular formula is C33H36N4O3. The van der Waals surface area contributed by atoms with Crippen molar-refractivity contribution in [3.05, 3.63) is 107 Å². The first kappa shape index (κ1) is 27.3. The van der Waals surface area contributed by atoms with Crippen LogP contribution < -0.4 is 15.5 Å². The summed E-state index contributed by atoms with van der Waals surface area (Å²) >= 11 is 0. The maximum Gasteiger partial charge on any atom is 0.289 e. The number of nitrogens with zero attached hydrogens (tertiary/aromatic N) is 2. The number of carbonyl (C=O) groups is 3. The van der Waals surface area contributed by atoms with E-state index < -0.39 is 23.6 Å². The van der Waals surface area contributed by atoms with Gasteiger partial charge >= 0.3 is 0 Å². The highest BCUT2D eigenvalue weighted by Gasteiger charge is 2.32. The van der Waals surface area contributed by atoms with Gasteiger partial charge in [0.05, 0.1) is 5.56 Å². The van der Waals surface area contributed by atoms with Gasteiger partial charge in [-0.1, -0.05) is 54.6 Å². The molecule has 3 heterocycles. The fourth-order valence-corrected chi connectivity index (χ4v) is 5.01. The number of allylic oxidation sites excluding steroid dienone is 1. The van der Waals surface area contributed by atoms with Crippen LogP contribution in [-0.2, 0) is 35.3 Å². The largest absolute Gasteiger partial charge is 0.347 e. The number of nitrogens with one attached hydrogen (secondary N) is 2. The van der Waals surface area contributed by atoms with Crippen LogP contribution in [0, 0.1) is 0 Å². The molecule has 0 unspecified atom stereocenters. The SMILES string of the molecule is CN1/C=C\Cc2cccc(c2)CCCCc2ccc(cc2)C[C@@H](C(=O)C(=O)NC2CC2)NC(=O)c2cccnc21. The molecule has 2 aromatic carbocycles. The minimum atomic E-state index is -0.994. The van der Waals surface area contributed by atoms with Crippen molar-refractivity contribution in [2.24, 2.45) is 0 Å². The Kier molecular flexibility index (Phi) is 8.69. The van der Waals surface area contributed by atoms with Crippen molar-refractivity contribution in [2.45, 2.75) is 63.5 Å². The Morgan fingerprint density at radius 3 is 2.42 bits per heavy atom. The number of benzene rings is 2. The topological polar surface area (TPSA) is 91.4 Å². The summed E-state index contributed by atoms with van der Waals surface area (Å²) in [7, 11) is 1.84. The summed E-state index contributed by atoms with van der Waals surface area (Å²) in [6.45, 7) is 0. The van der Waals surface area contributed by atoms with E-state index in [4.69, 9.17) is 0 Å². The molecule has 7 nitrogen and oxygen atoms in total. The summed E-state index contributed by atoms with van der Waals surface area (Å²) < 4.78 is 0. The van der Waals surface area contributed by atoms with Crippen LogP contribution in [-0.4, -0.2) is 41.7 Å². The number of aryl methyl sites for hydroxylation is 2. The molecule has 0 saturated heterocycles. The van der Waals surface area contributed by atoms with Gasteiger partial charge in [0, 0.05) is 31.9 Å². The number of aromatic nitrogens is 1. The van der Waals surface area contributed by atoms with Crippen molar-refractivity contribution in [3.63, 3.8) is 0 Å². The molecule has 1 atom stereocenters. The zero-order chi connectivity index (χ0) is 27.9. The fourth-order valence-electron chi connectivity index (χ4n) is 5.01. The van der Waals surface area contributed by atoms with Gasteiger partial charge in [0.25, 0.3) is 11.8 Å². The number of ketones is 1. The Morgan fingerprint density at radius 2 is 1.65 bits per heavy atom. The van der Waals surface area contributed by atoms with Crippen LogP contribution >= 0.6 is 0 Å². The van der Waals surface area contributed by atoms with Crippen LogP contribution in [0.15, 0.2) is 79.1 Å². The quantitative estimate of drug-likeness (QED) is 0.486. The lowest BCUT2D eigenvalue weighted by Crippen LogP contribution is -2.49. The van der Waals surface area contributed by atoms with E-state index in [1.54, 1.807) is 23.2 Å². The van der Waals surface area contributed by atoms with Crippen molar-refractivity contribution in [1.29, 1.82) is 0 Å². The highest BCUT2D eigenvalue weighted by atomic mass is 16.2. The van der Waals surface area contributed by atoms with Gasteiger partial charge in [0.15, 0.2) is 0 Å². The third-order valence-corrected chi connectivity index (χ3v) is 7.44. The van der Waals surface area contributed by atoms with Gasteiger partial charge in [-0.3, -0.25) is 14.4 Å². The molecule has 6 rings (SSSR count). The predicted octanol–water partition coefficient (Wildman–Crippen LogP) is 4.34. The van der Waals surface area contributed by atoms with Crippen LogP contribution in [0.1, 0.15) is 58.3 Å². The molecule has 4 bridgehead atoms. The van der Waals surface area contributed by atoms with Gasteiger partial charge in [0.1, 0.15) is 11.9 Å². The molecule has 1 saturated carbocycles. The first-order valence-corrected chi connectivity index (χ1v) is 14.1. The first-order chi connectivity index (χ1) is 19.5. The van der Waals surface area contributed by atoms with E-state index in [0.717, 1.165) is 50.5 Å². The molecule has 3 aromatic rings. The van der Waals surface area contributed by atoms with Crippen molar-refractivity contribution in [1.82, 2.24) is 15.6 Å². The summed E-state index contributed by atoms with van der Waals surface area (Å²) in [5.74, 6) is -1.27. The standard InChI is InChI=1S/C33H36N4O3/c1-37-20-6-11-25-10-4-9-24(21-25)8-3-2-7-23-13-15-26(16-14-23)22-29(30(38)33(40)35-27-17-18-27)36-32(39)28-12-5-19-34-31(28)37/h4-6,9-10,12-16,19-21,27,29H,2-3,7-8,11,17-18,22H2,1H3,(H,35,40)(H,36,39)/b20-6-/t29-/m0/s1. The van der Waals surface area contributed by atoms with E-state index in [-0.39, 0.29) is 12.5 Å². The minimum absolute atomic E-state index is 0.0514. The molecule has 3 aliphatic rings. The lowest BCUT2D eigenvalue weighted by molar-refractivity contribution is -0.139. The molecule has 7 heteroatoms. The van der Waals surface area contributed by atoms with Gasteiger partial charge in [-0.15, -0.1) is 0 Å². The molecule has 2 amide bonds. The smallest absolute Gasteiger partial charge is 0.289 e. The van der Waals surface area contributed by atoms with Gasteiger partial charge < -0.3 is 15.5 Å². The summed E-state index contributed by atoms with van der Waals surface area (Å²) in [5, 5.41) is 5.62. The van der Waals surface area contributed by atoms with Crippen molar-refractivity contribution < 1.29 is 14.4 Å². The summed E-state index contributed by atoms with van der Waals surface area (Å²) in [6, 6.07) is 19.2. The lowest BCUT2D eigenvalue weighted by atomic mass is 9.98. The van der Waals surface area contributed by atoms with E-state index in [1.165, 1.54) is 16.7 Å². The van der Waals surface area contributed by atoms with Gasteiger partial charge in [-0.25, -0.2) is 4.98 Å². The third-order valence-electron chi connectivity index (χ3n) is 7.44. The molecular weight excluding hydrogens is 500 g/mol. The molecule has 1 aliphatic carbocycles. The normalized spacial score (nSPS) is 19.1. The van der Waals surface area contributed by atoms with Gasteiger partial charge in [0.2, 0.25) is 5.78 Å². The first-order valence-electron chi connectivity index (χ1n) is 14.1. The van der Waals surface area contributed by atoms with E-state index >= 15 is 0 Å². The average Bonchev–Trinajstić information content (AvgIpc) is 3.79. The van der Waals surface area contributed by atoms with E-state index in [9.17, 15) is 14.4 Å². The second-order valence-corrected chi connectivity index (χ2v) is 10.8. The Balaban J connectivity index is 1.44. The number of fused-ring (bicyclic) bond motifs is 10. The number of pyridine rings is 1. The molecule has 0 spiro atoms. The predicted molar refractivity (Wildman–Crippen MR) is 156 cm³/mol.